The Morgan fingerprint density at radius 2 is 1.67 bits per heavy atom. The zero-order valence-corrected chi connectivity index (χ0v) is 13.3. The molecule has 2 amide bonds. The fourth-order valence-corrected chi connectivity index (χ4v) is 4.45. The molecule has 0 bridgehead atoms. The third-order valence-corrected chi connectivity index (χ3v) is 5.87. The zero-order chi connectivity index (χ0) is 14.8. The number of aliphatic hydroxyl groups excluding tert-OH is 1. The Balaban J connectivity index is 1.64. The Bertz CT molecular complexity index is 366. The maximum atomic E-state index is 12.8. The molecule has 3 fully saturated rings. The van der Waals surface area contributed by atoms with Crippen molar-refractivity contribution in [3.8, 4) is 0 Å². The van der Waals surface area contributed by atoms with Crippen LogP contribution in [0.15, 0.2) is 0 Å². The molecule has 0 radical (unpaired) electrons. The summed E-state index contributed by atoms with van der Waals surface area (Å²) in [6.07, 6.45) is 8.62. The van der Waals surface area contributed by atoms with Crippen LogP contribution in [0.5, 0.6) is 0 Å². The standard InChI is InChI=1S/C17H30N2O2/c1-13-8-11-18(12-9-13)17(21)19-10-4-6-15(19)14-5-2-3-7-16(14)20/h13-16,20H,2-12H2,1H3. The summed E-state index contributed by atoms with van der Waals surface area (Å²) >= 11 is 0. The van der Waals surface area contributed by atoms with Gasteiger partial charge in [-0.05, 0) is 44.4 Å². The van der Waals surface area contributed by atoms with Gasteiger partial charge < -0.3 is 14.9 Å². The lowest BCUT2D eigenvalue weighted by Gasteiger charge is -2.40. The van der Waals surface area contributed by atoms with Gasteiger partial charge in [-0.2, -0.15) is 0 Å². The maximum Gasteiger partial charge on any atom is 0.320 e. The lowest BCUT2D eigenvalue weighted by molar-refractivity contribution is 0.0251. The van der Waals surface area contributed by atoms with Crippen molar-refractivity contribution >= 4 is 6.03 Å². The van der Waals surface area contributed by atoms with E-state index in [1.165, 1.54) is 6.42 Å². The molecule has 1 aliphatic carbocycles. The quantitative estimate of drug-likeness (QED) is 0.808. The number of aliphatic hydroxyl groups is 1. The van der Waals surface area contributed by atoms with E-state index in [9.17, 15) is 9.90 Å². The van der Waals surface area contributed by atoms with Crippen LogP contribution in [0.4, 0.5) is 4.79 Å². The first kappa shape index (κ1) is 15.1. The molecule has 4 nitrogen and oxygen atoms in total. The SMILES string of the molecule is CC1CCN(C(=O)N2CCCC2C2CCCCC2O)CC1. The van der Waals surface area contributed by atoms with Gasteiger partial charge in [-0.3, -0.25) is 0 Å². The van der Waals surface area contributed by atoms with Crippen molar-refractivity contribution in [2.75, 3.05) is 19.6 Å². The Morgan fingerprint density at radius 1 is 0.952 bits per heavy atom. The van der Waals surface area contributed by atoms with Crippen LogP contribution in [-0.4, -0.2) is 52.7 Å². The molecule has 3 aliphatic rings. The van der Waals surface area contributed by atoms with Crippen molar-refractivity contribution in [1.29, 1.82) is 0 Å². The van der Waals surface area contributed by atoms with Gasteiger partial charge in [0, 0.05) is 31.6 Å². The molecule has 0 aromatic carbocycles. The number of amides is 2. The first-order valence-electron chi connectivity index (χ1n) is 8.90. The Morgan fingerprint density at radius 3 is 2.38 bits per heavy atom. The summed E-state index contributed by atoms with van der Waals surface area (Å²) < 4.78 is 0. The van der Waals surface area contributed by atoms with E-state index in [2.05, 4.69) is 11.8 Å². The highest BCUT2D eigenvalue weighted by Gasteiger charge is 2.40. The summed E-state index contributed by atoms with van der Waals surface area (Å²) in [5.74, 6) is 1.07. The van der Waals surface area contributed by atoms with Crippen LogP contribution in [0.3, 0.4) is 0 Å². The predicted molar refractivity (Wildman–Crippen MR) is 83.1 cm³/mol. The van der Waals surface area contributed by atoms with Crippen molar-refractivity contribution in [2.24, 2.45) is 11.8 Å². The average Bonchev–Trinajstić information content (AvgIpc) is 2.97. The number of carbonyl (C=O) groups excluding carboxylic acids is 1. The molecule has 3 rings (SSSR count). The lowest BCUT2D eigenvalue weighted by Crippen LogP contribution is -2.51. The Hall–Kier alpha value is -0.770. The fourth-order valence-electron chi connectivity index (χ4n) is 4.45. The molecular weight excluding hydrogens is 264 g/mol. The molecule has 3 unspecified atom stereocenters. The van der Waals surface area contributed by atoms with Gasteiger partial charge in [0.1, 0.15) is 0 Å². The minimum atomic E-state index is -0.196. The third kappa shape index (κ3) is 3.20. The zero-order valence-electron chi connectivity index (χ0n) is 13.3. The van der Waals surface area contributed by atoms with E-state index >= 15 is 0 Å². The molecule has 2 aliphatic heterocycles. The average molecular weight is 294 g/mol. The van der Waals surface area contributed by atoms with Crippen molar-refractivity contribution in [3.05, 3.63) is 0 Å². The molecule has 120 valence electrons. The van der Waals surface area contributed by atoms with Gasteiger partial charge in [-0.1, -0.05) is 19.8 Å². The normalized spacial score (nSPS) is 35.2. The number of likely N-dealkylation sites (tertiary alicyclic amines) is 2. The number of rotatable bonds is 1. The van der Waals surface area contributed by atoms with Crippen LogP contribution in [0, 0.1) is 11.8 Å². The largest absolute Gasteiger partial charge is 0.393 e. The second-order valence-corrected chi connectivity index (χ2v) is 7.37. The molecule has 3 atom stereocenters. The van der Waals surface area contributed by atoms with E-state index in [4.69, 9.17) is 0 Å². The molecule has 1 saturated carbocycles. The van der Waals surface area contributed by atoms with Crippen LogP contribution in [0.2, 0.25) is 0 Å². The number of hydrogen-bond acceptors (Lipinski definition) is 2. The van der Waals surface area contributed by atoms with E-state index < -0.39 is 0 Å². The fraction of sp³-hybridized carbons (Fsp3) is 0.941. The summed E-state index contributed by atoms with van der Waals surface area (Å²) in [4.78, 5) is 17.0. The van der Waals surface area contributed by atoms with Gasteiger partial charge in [0.2, 0.25) is 0 Å². The number of nitrogens with zero attached hydrogens (tertiary/aromatic N) is 2. The molecule has 2 saturated heterocycles. The highest BCUT2D eigenvalue weighted by atomic mass is 16.3. The summed E-state index contributed by atoms with van der Waals surface area (Å²) in [7, 11) is 0. The summed E-state index contributed by atoms with van der Waals surface area (Å²) in [6.45, 7) is 4.99. The summed E-state index contributed by atoms with van der Waals surface area (Å²) in [5, 5.41) is 10.3. The minimum Gasteiger partial charge on any atom is -0.393 e. The Kier molecular flexibility index (Phi) is 4.72. The number of urea groups is 1. The number of carbonyl (C=O) groups is 1. The van der Waals surface area contributed by atoms with Crippen molar-refractivity contribution in [2.45, 2.75) is 70.4 Å². The van der Waals surface area contributed by atoms with Crippen molar-refractivity contribution in [3.63, 3.8) is 0 Å². The van der Waals surface area contributed by atoms with E-state index in [0.717, 1.165) is 70.5 Å². The molecule has 0 aromatic rings. The maximum absolute atomic E-state index is 12.8. The van der Waals surface area contributed by atoms with Gasteiger partial charge in [0.15, 0.2) is 0 Å². The van der Waals surface area contributed by atoms with Crippen LogP contribution >= 0.6 is 0 Å². The minimum absolute atomic E-state index is 0.196. The van der Waals surface area contributed by atoms with Gasteiger partial charge in [-0.25, -0.2) is 4.79 Å². The second kappa shape index (κ2) is 6.55. The molecular formula is C17H30N2O2. The smallest absolute Gasteiger partial charge is 0.320 e. The first-order valence-corrected chi connectivity index (χ1v) is 8.90. The molecule has 2 heterocycles. The topological polar surface area (TPSA) is 43.8 Å². The number of piperidine rings is 1. The van der Waals surface area contributed by atoms with Gasteiger partial charge in [-0.15, -0.1) is 0 Å². The lowest BCUT2D eigenvalue weighted by atomic mass is 9.80. The van der Waals surface area contributed by atoms with Gasteiger partial charge >= 0.3 is 6.03 Å². The van der Waals surface area contributed by atoms with Crippen molar-refractivity contribution in [1.82, 2.24) is 9.80 Å². The van der Waals surface area contributed by atoms with Crippen LogP contribution in [0.25, 0.3) is 0 Å². The van der Waals surface area contributed by atoms with Crippen molar-refractivity contribution < 1.29 is 9.90 Å². The molecule has 0 aromatic heterocycles. The highest BCUT2D eigenvalue weighted by Crippen LogP contribution is 2.35. The monoisotopic (exact) mass is 294 g/mol. The molecule has 0 spiro atoms. The highest BCUT2D eigenvalue weighted by molar-refractivity contribution is 5.75. The molecule has 1 N–H and O–H groups in total. The van der Waals surface area contributed by atoms with E-state index in [1.54, 1.807) is 0 Å². The summed E-state index contributed by atoms with van der Waals surface area (Å²) in [5.41, 5.74) is 0. The third-order valence-electron chi connectivity index (χ3n) is 5.87. The first-order chi connectivity index (χ1) is 10.2. The second-order valence-electron chi connectivity index (χ2n) is 7.37. The van der Waals surface area contributed by atoms with E-state index in [0.29, 0.717) is 5.92 Å². The van der Waals surface area contributed by atoms with Gasteiger partial charge in [0.25, 0.3) is 0 Å². The van der Waals surface area contributed by atoms with E-state index in [1.807, 2.05) is 4.90 Å². The predicted octanol–water partition coefficient (Wildman–Crippen LogP) is 2.85. The van der Waals surface area contributed by atoms with Gasteiger partial charge in [0.05, 0.1) is 6.10 Å². The van der Waals surface area contributed by atoms with E-state index in [-0.39, 0.29) is 18.2 Å². The van der Waals surface area contributed by atoms with Crippen LogP contribution in [0.1, 0.15) is 58.3 Å². The van der Waals surface area contributed by atoms with Crippen LogP contribution in [-0.2, 0) is 0 Å². The summed E-state index contributed by atoms with van der Waals surface area (Å²) in [6, 6.07) is 0.523. The number of hydrogen-bond donors (Lipinski definition) is 1. The van der Waals surface area contributed by atoms with Crippen LogP contribution < -0.4 is 0 Å². The Labute approximate surface area is 128 Å². The molecule has 21 heavy (non-hydrogen) atoms. The molecule has 4 heteroatoms.